The van der Waals surface area contributed by atoms with Crippen LogP contribution in [0.4, 0.5) is 0 Å². The zero-order chi connectivity index (χ0) is 10.3. The molecule has 3 heteroatoms. The Balaban J connectivity index is 3.50. The summed E-state index contributed by atoms with van der Waals surface area (Å²) < 4.78 is 4.95. The largest absolute Gasteiger partial charge is 0.466 e. The molecule has 1 N–H and O–H groups in total. The van der Waals surface area contributed by atoms with Crippen LogP contribution in [0.1, 0.15) is 40.0 Å². The van der Waals surface area contributed by atoms with Crippen LogP contribution < -0.4 is 0 Å². The molecule has 0 rings (SSSR count). The Morgan fingerprint density at radius 3 is 2.54 bits per heavy atom. The topological polar surface area (TPSA) is 46.5 Å². The number of hydrogen-bond acceptors (Lipinski definition) is 3. The summed E-state index contributed by atoms with van der Waals surface area (Å²) in [5.41, 5.74) is 0. The summed E-state index contributed by atoms with van der Waals surface area (Å²) in [6.07, 6.45) is 1.80. The van der Waals surface area contributed by atoms with Crippen molar-refractivity contribution in [3.8, 4) is 0 Å². The fourth-order valence-corrected chi connectivity index (χ4v) is 0.823. The molecule has 0 bridgehead atoms. The molecule has 78 valence electrons. The van der Waals surface area contributed by atoms with E-state index in [-0.39, 0.29) is 11.9 Å². The van der Waals surface area contributed by atoms with Crippen molar-refractivity contribution in [2.75, 3.05) is 6.61 Å². The van der Waals surface area contributed by atoms with Crippen LogP contribution in [0.2, 0.25) is 0 Å². The first kappa shape index (κ1) is 12.4. The van der Waals surface area contributed by atoms with Crippen molar-refractivity contribution in [1.82, 2.24) is 0 Å². The maximum atomic E-state index is 11.1. The normalized spacial score (nSPS) is 15.1. The summed E-state index contributed by atoms with van der Waals surface area (Å²) in [7, 11) is 0. The Morgan fingerprint density at radius 2 is 2.08 bits per heavy atom. The van der Waals surface area contributed by atoms with Gasteiger partial charge in [0.25, 0.3) is 0 Å². The Kier molecular flexibility index (Phi) is 6.59. The second kappa shape index (κ2) is 6.89. The van der Waals surface area contributed by atoms with Gasteiger partial charge in [0.05, 0.1) is 19.1 Å². The van der Waals surface area contributed by atoms with E-state index in [1.807, 2.05) is 13.8 Å². The van der Waals surface area contributed by atoms with E-state index in [9.17, 15) is 4.79 Å². The van der Waals surface area contributed by atoms with Crippen molar-refractivity contribution < 1.29 is 14.6 Å². The Hall–Kier alpha value is -0.570. The average Bonchev–Trinajstić information content (AvgIpc) is 2.04. The molecule has 0 saturated carbocycles. The highest BCUT2D eigenvalue weighted by atomic mass is 16.5. The predicted molar refractivity (Wildman–Crippen MR) is 51.3 cm³/mol. The SMILES string of the molecule is CCCCOC(=O)CC(C)C(C)O. The van der Waals surface area contributed by atoms with Gasteiger partial charge in [0.2, 0.25) is 0 Å². The van der Waals surface area contributed by atoms with Crippen LogP contribution in [0, 0.1) is 5.92 Å². The van der Waals surface area contributed by atoms with Crippen molar-refractivity contribution in [1.29, 1.82) is 0 Å². The molecule has 0 radical (unpaired) electrons. The molecule has 0 saturated heterocycles. The van der Waals surface area contributed by atoms with Crippen molar-refractivity contribution >= 4 is 5.97 Å². The van der Waals surface area contributed by atoms with Crippen molar-refractivity contribution in [2.24, 2.45) is 5.92 Å². The lowest BCUT2D eigenvalue weighted by Crippen LogP contribution is -2.18. The molecule has 0 amide bonds. The molecule has 0 spiro atoms. The maximum Gasteiger partial charge on any atom is 0.306 e. The number of carbonyl (C=O) groups is 1. The number of rotatable bonds is 6. The van der Waals surface area contributed by atoms with E-state index >= 15 is 0 Å². The molecule has 0 aliphatic carbocycles. The minimum atomic E-state index is -0.446. The van der Waals surface area contributed by atoms with Gasteiger partial charge in [-0.25, -0.2) is 0 Å². The molecule has 0 aromatic carbocycles. The highest BCUT2D eigenvalue weighted by Crippen LogP contribution is 2.08. The van der Waals surface area contributed by atoms with Gasteiger partial charge in [-0.1, -0.05) is 20.3 Å². The van der Waals surface area contributed by atoms with Crippen LogP contribution in [-0.4, -0.2) is 23.8 Å². The lowest BCUT2D eigenvalue weighted by Gasteiger charge is -2.13. The van der Waals surface area contributed by atoms with Gasteiger partial charge in [-0.2, -0.15) is 0 Å². The van der Waals surface area contributed by atoms with E-state index in [1.54, 1.807) is 6.92 Å². The van der Waals surface area contributed by atoms with Crippen molar-refractivity contribution in [3.05, 3.63) is 0 Å². The number of hydrogen-bond donors (Lipinski definition) is 1. The number of ether oxygens (including phenoxy) is 1. The number of unbranched alkanes of at least 4 members (excludes halogenated alkanes) is 1. The molecular formula is C10H20O3. The van der Waals surface area contributed by atoms with Gasteiger partial charge in [-0.15, -0.1) is 0 Å². The van der Waals surface area contributed by atoms with E-state index in [4.69, 9.17) is 9.84 Å². The molecule has 0 aromatic rings. The van der Waals surface area contributed by atoms with Gasteiger partial charge < -0.3 is 9.84 Å². The van der Waals surface area contributed by atoms with E-state index < -0.39 is 6.10 Å². The highest BCUT2D eigenvalue weighted by molar-refractivity contribution is 5.69. The first-order valence-corrected chi connectivity index (χ1v) is 4.91. The van der Waals surface area contributed by atoms with Gasteiger partial charge in [-0.05, 0) is 19.3 Å². The minimum absolute atomic E-state index is 0.0193. The van der Waals surface area contributed by atoms with Gasteiger partial charge in [-0.3, -0.25) is 4.79 Å². The average molecular weight is 188 g/mol. The zero-order valence-electron chi connectivity index (χ0n) is 8.75. The van der Waals surface area contributed by atoms with E-state index in [2.05, 4.69) is 0 Å². The fraction of sp³-hybridized carbons (Fsp3) is 0.900. The predicted octanol–water partition coefficient (Wildman–Crippen LogP) is 1.74. The summed E-state index contributed by atoms with van der Waals surface area (Å²) >= 11 is 0. The third-order valence-corrected chi connectivity index (χ3v) is 2.07. The molecule has 13 heavy (non-hydrogen) atoms. The van der Waals surface area contributed by atoms with E-state index in [0.29, 0.717) is 13.0 Å². The van der Waals surface area contributed by atoms with Gasteiger partial charge >= 0.3 is 5.97 Å². The third-order valence-electron chi connectivity index (χ3n) is 2.07. The molecule has 2 atom stereocenters. The fourth-order valence-electron chi connectivity index (χ4n) is 0.823. The summed E-state index contributed by atoms with van der Waals surface area (Å²) in [6, 6.07) is 0. The lowest BCUT2D eigenvalue weighted by molar-refractivity contribution is -0.145. The monoisotopic (exact) mass is 188 g/mol. The van der Waals surface area contributed by atoms with Crippen LogP contribution in [0.15, 0.2) is 0 Å². The lowest BCUT2D eigenvalue weighted by atomic mass is 10.0. The summed E-state index contributed by atoms with van der Waals surface area (Å²) in [4.78, 5) is 11.1. The molecule has 0 fully saturated rings. The van der Waals surface area contributed by atoms with Gasteiger partial charge in [0.1, 0.15) is 0 Å². The van der Waals surface area contributed by atoms with Crippen molar-refractivity contribution in [3.63, 3.8) is 0 Å². The first-order chi connectivity index (χ1) is 6.07. The Morgan fingerprint density at radius 1 is 1.46 bits per heavy atom. The second-order valence-corrected chi connectivity index (χ2v) is 3.50. The summed E-state index contributed by atoms with van der Waals surface area (Å²) in [5, 5.41) is 9.13. The Labute approximate surface area is 80.1 Å². The smallest absolute Gasteiger partial charge is 0.306 e. The number of aliphatic hydroxyl groups is 1. The minimum Gasteiger partial charge on any atom is -0.466 e. The van der Waals surface area contributed by atoms with Gasteiger partial charge in [0, 0.05) is 0 Å². The number of esters is 1. The molecule has 0 aliphatic heterocycles. The molecule has 2 unspecified atom stereocenters. The molecule has 0 aliphatic rings. The van der Waals surface area contributed by atoms with Crippen molar-refractivity contribution in [2.45, 2.75) is 46.1 Å². The standard InChI is InChI=1S/C10H20O3/c1-4-5-6-13-10(12)7-8(2)9(3)11/h8-9,11H,4-7H2,1-3H3. The first-order valence-electron chi connectivity index (χ1n) is 4.91. The Bertz CT molecular complexity index is 143. The number of aliphatic hydroxyl groups excluding tert-OH is 1. The second-order valence-electron chi connectivity index (χ2n) is 3.50. The summed E-state index contributed by atoms with van der Waals surface area (Å²) in [6.45, 7) is 6.07. The molecule has 0 heterocycles. The van der Waals surface area contributed by atoms with E-state index in [0.717, 1.165) is 12.8 Å². The zero-order valence-corrected chi connectivity index (χ0v) is 8.75. The van der Waals surface area contributed by atoms with Crippen LogP contribution in [-0.2, 0) is 9.53 Å². The molecular weight excluding hydrogens is 168 g/mol. The van der Waals surface area contributed by atoms with E-state index in [1.165, 1.54) is 0 Å². The van der Waals surface area contributed by atoms with Crippen LogP contribution in [0.3, 0.4) is 0 Å². The van der Waals surface area contributed by atoms with Gasteiger partial charge in [0.15, 0.2) is 0 Å². The molecule has 0 aromatic heterocycles. The van der Waals surface area contributed by atoms with Crippen LogP contribution in [0.25, 0.3) is 0 Å². The molecule has 3 nitrogen and oxygen atoms in total. The third kappa shape index (κ3) is 6.58. The van der Waals surface area contributed by atoms with Crippen LogP contribution in [0.5, 0.6) is 0 Å². The quantitative estimate of drug-likeness (QED) is 0.510. The van der Waals surface area contributed by atoms with Crippen LogP contribution >= 0.6 is 0 Å². The summed E-state index contributed by atoms with van der Waals surface area (Å²) in [5.74, 6) is -0.226. The number of carbonyl (C=O) groups excluding carboxylic acids is 1. The highest BCUT2D eigenvalue weighted by Gasteiger charge is 2.14. The maximum absolute atomic E-state index is 11.1.